The minimum Gasteiger partial charge on any atom is -0.317 e. The number of hydrogen-bond acceptors (Lipinski definition) is 3. The van der Waals surface area contributed by atoms with E-state index in [0.717, 1.165) is 0 Å². The Morgan fingerprint density at radius 2 is 0.963 bits per heavy atom. The minimum absolute atomic E-state index is 0.500. The van der Waals surface area contributed by atoms with Crippen LogP contribution in [0.5, 0.6) is 0 Å². The molecule has 3 heteroatoms. The van der Waals surface area contributed by atoms with Gasteiger partial charge >= 0.3 is 0 Å². The fourth-order valence-electron chi connectivity index (χ4n) is 1.74. The molecule has 0 atom stereocenters. The van der Waals surface area contributed by atoms with Gasteiger partial charge in [0.2, 0.25) is 0 Å². The molecule has 0 heterocycles. The van der Waals surface area contributed by atoms with Crippen molar-refractivity contribution in [3.05, 3.63) is 0 Å². The predicted molar refractivity (Wildman–Crippen MR) is 135 cm³/mol. The van der Waals surface area contributed by atoms with Gasteiger partial charge in [0.1, 0.15) is 0 Å². The summed E-state index contributed by atoms with van der Waals surface area (Å²) in [6, 6.07) is 0. The van der Waals surface area contributed by atoms with E-state index >= 15 is 0 Å². The molecule has 0 fully saturated rings. The summed E-state index contributed by atoms with van der Waals surface area (Å²) in [6.07, 6.45) is 7.70. The number of nitrogens with zero attached hydrogens (tertiary/aromatic N) is 1. The topological polar surface area (TPSA) is 15.3 Å². The molecule has 0 aromatic rings. The first-order valence-electron chi connectivity index (χ1n) is 11.6. The Morgan fingerprint density at radius 3 is 1.19 bits per heavy atom. The summed E-state index contributed by atoms with van der Waals surface area (Å²) in [5.41, 5.74) is 0.500. The van der Waals surface area contributed by atoms with Gasteiger partial charge in [-0.3, -0.25) is 0 Å². The molecular formula is C24H58N2S. The summed E-state index contributed by atoms with van der Waals surface area (Å²) in [6.45, 7) is 26.8. The van der Waals surface area contributed by atoms with Gasteiger partial charge in [0.25, 0.3) is 0 Å². The fourth-order valence-corrected chi connectivity index (χ4v) is 2.53. The summed E-state index contributed by atoms with van der Waals surface area (Å²) < 4.78 is 0. The Morgan fingerprint density at radius 1 is 0.630 bits per heavy atom. The van der Waals surface area contributed by atoms with Crippen molar-refractivity contribution in [1.82, 2.24) is 10.2 Å². The smallest absolute Gasteiger partial charge is 0.00244 e. The lowest BCUT2D eigenvalue weighted by atomic mass is 10.0. The van der Waals surface area contributed by atoms with Crippen molar-refractivity contribution in [2.75, 3.05) is 44.7 Å². The van der Waals surface area contributed by atoms with Gasteiger partial charge in [0, 0.05) is 0 Å². The maximum Gasteiger partial charge on any atom is -0.00244 e. The van der Waals surface area contributed by atoms with E-state index in [4.69, 9.17) is 0 Å². The molecule has 1 N–H and O–H groups in total. The van der Waals surface area contributed by atoms with Gasteiger partial charge in [-0.05, 0) is 88.7 Å². The van der Waals surface area contributed by atoms with E-state index in [0.29, 0.717) is 5.41 Å². The first kappa shape index (κ1) is 34.8. The molecule has 0 aromatic carbocycles. The van der Waals surface area contributed by atoms with E-state index in [1.54, 1.807) is 0 Å². The summed E-state index contributed by atoms with van der Waals surface area (Å²) in [4.78, 5) is 2.36. The van der Waals surface area contributed by atoms with Gasteiger partial charge in [0.15, 0.2) is 0 Å². The van der Waals surface area contributed by atoms with Crippen LogP contribution in [-0.2, 0) is 0 Å². The van der Waals surface area contributed by atoms with Crippen LogP contribution in [0.15, 0.2) is 0 Å². The van der Waals surface area contributed by atoms with Crippen molar-refractivity contribution in [3.63, 3.8) is 0 Å². The normalized spacial score (nSPS) is 10.2. The summed E-state index contributed by atoms with van der Waals surface area (Å²) in [5, 5.41) is 3.28. The lowest BCUT2D eigenvalue weighted by Gasteiger charge is -2.12. The second-order valence-electron chi connectivity index (χ2n) is 8.67. The number of rotatable bonds is 12. The van der Waals surface area contributed by atoms with Crippen LogP contribution in [0.2, 0.25) is 0 Å². The van der Waals surface area contributed by atoms with E-state index in [9.17, 15) is 0 Å². The second-order valence-corrected chi connectivity index (χ2v) is 9.89. The molecular weight excluding hydrogens is 348 g/mol. The van der Waals surface area contributed by atoms with Gasteiger partial charge in [0.05, 0.1) is 0 Å². The zero-order valence-corrected chi connectivity index (χ0v) is 22.2. The molecule has 0 rings (SSSR count). The monoisotopic (exact) mass is 406 g/mol. The van der Waals surface area contributed by atoms with Crippen molar-refractivity contribution in [2.45, 2.75) is 108 Å². The SMILES string of the molecule is CC(C)(C)C.CCCN(C)CCC.CCCNCCC.CCCSCCC. The van der Waals surface area contributed by atoms with Gasteiger partial charge < -0.3 is 10.2 Å². The Labute approximate surface area is 180 Å². The van der Waals surface area contributed by atoms with E-state index in [-0.39, 0.29) is 0 Å². The highest BCUT2D eigenvalue weighted by Gasteiger charge is 1.95. The molecule has 0 aliphatic carbocycles. The van der Waals surface area contributed by atoms with Gasteiger partial charge in [-0.25, -0.2) is 0 Å². The summed E-state index contributed by atoms with van der Waals surface area (Å²) in [7, 11) is 2.17. The average Bonchev–Trinajstić information content (AvgIpc) is 2.56. The number of nitrogens with one attached hydrogen (secondary N) is 1. The number of hydrogen-bond donors (Lipinski definition) is 1. The van der Waals surface area contributed by atoms with Crippen molar-refractivity contribution in [3.8, 4) is 0 Å². The molecule has 0 saturated carbocycles. The van der Waals surface area contributed by atoms with Crippen LogP contribution in [0.1, 0.15) is 108 Å². The van der Waals surface area contributed by atoms with Crippen molar-refractivity contribution in [2.24, 2.45) is 5.41 Å². The van der Waals surface area contributed by atoms with Crippen molar-refractivity contribution in [1.29, 1.82) is 0 Å². The third-order valence-electron chi connectivity index (χ3n) is 2.76. The van der Waals surface area contributed by atoms with Gasteiger partial charge in [-0.1, -0.05) is 69.2 Å². The maximum absolute atomic E-state index is 3.28. The van der Waals surface area contributed by atoms with Gasteiger partial charge in [-0.15, -0.1) is 0 Å². The van der Waals surface area contributed by atoms with Crippen molar-refractivity contribution < 1.29 is 0 Å². The lowest BCUT2D eigenvalue weighted by molar-refractivity contribution is 0.335. The summed E-state index contributed by atoms with van der Waals surface area (Å²) in [5.74, 6) is 2.68. The lowest BCUT2D eigenvalue weighted by Crippen LogP contribution is -2.19. The summed E-state index contributed by atoms with van der Waals surface area (Å²) >= 11 is 2.05. The Balaban J connectivity index is -0.000000132. The first-order chi connectivity index (χ1) is 12.6. The van der Waals surface area contributed by atoms with Crippen LogP contribution in [-0.4, -0.2) is 49.6 Å². The molecule has 0 radical (unpaired) electrons. The predicted octanol–water partition coefficient (Wildman–Crippen LogP) is 7.73. The zero-order valence-electron chi connectivity index (χ0n) is 21.3. The Bertz CT molecular complexity index is 185. The van der Waals surface area contributed by atoms with Gasteiger partial charge in [-0.2, -0.15) is 11.8 Å². The molecule has 170 valence electrons. The standard InChI is InChI=1S/C7H17N.C6H15N.C6H14S.C5H12/c1-4-6-8(3)7-5-2;2*1-3-5-7-6-4-2;1-5(2,3)4/h4-7H2,1-3H3;7H,3-6H2,1-2H3;3-6H2,1-2H3;1-4H3. The molecule has 0 aliphatic heterocycles. The zero-order chi connectivity index (χ0) is 22.0. The quantitative estimate of drug-likeness (QED) is 0.334. The molecule has 0 bridgehead atoms. The Hall–Kier alpha value is 0.270. The largest absolute Gasteiger partial charge is 0.317 e. The average molecular weight is 407 g/mol. The van der Waals surface area contributed by atoms with E-state index < -0.39 is 0 Å². The highest BCUT2D eigenvalue weighted by Crippen LogP contribution is 2.08. The third-order valence-corrected chi connectivity index (χ3v) is 4.15. The third kappa shape index (κ3) is 76.0. The van der Waals surface area contributed by atoms with Crippen molar-refractivity contribution >= 4 is 11.8 Å². The molecule has 0 amide bonds. The van der Waals surface area contributed by atoms with Crippen LogP contribution in [0.25, 0.3) is 0 Å². The molecule has 0 spiro atoms. The fraction of sp³-hybridized carbons (Fsp3) is 1.00. The first-order valence-corrected chi connectivity index (χ1v) is 12.8. The van der Waals surface area contributed by atoms with Crippen LogP contribution in [0.3, 0.4) is 0 Å². The minimum atomic E-state index is 0.500. The molecule has 2 nitrogen and oxygen atoms in total. The highest BCUT2D eigenvalue weighted by atomic mass is 32.2. The Kier molecular flexibility index (Phi) is 39.9. The van der Waals surface area contributed by atoms with Crippen LogP contribution < -0.4 is 5.32 Å². The molecule has 0 aromatic heterocycles. The van der Waals surface area contributed by atoms with Crippen LogP contribution in [0, 0.1) is 5.41 Å². The molecule has 0 unspecified atom stereocenters. The molecule has 0 saturated heterocycles. The van der Waals surface area contributed by atoms with Crippen LogP contribution in [0.4, 0.5) is 0 Å². The highest BCUT2D eigenvalue weighted by molar-refractivity contribution is 7.99. The van der Waals surface area contributed by atoms with E-state index in [1.165, 1.54) is 76.2 Å². The number of thioether (sulfide) groups is 1. The maximum atomic E-state index is 3.28. The van der Waals surface area contributed by atoms with Crippen LogP contribution >= 0.6 is 11.8 Å². The molecule has 27 heavy (non-hydrogen) atoms. The molecule has 0 aliphatic rings. The van der Waals surface area contributed by atoms with E-state index in [2.05, 4.69) is 98.3 Å². The van der Waals surface area contributed by atoms with E-state index in [1.807, 2.05) is 0 Å². The second kappa shape index (κ2) is 31.0.